The van der Waals surface area contributed by atoms with Crippen LogP contribution in [-0.4, -0.2) is 138 Å². The van der Waals surface area contributed by atoms with Crippen LogP contribution in [0, 0.1) is 34.1 Å². The number of piperazine rings is 1. The van der Waals surface area contributed by atoms with Crippen molar-refractivity contribution in [3.63, 3.8) is 0 Å². The SMILES string of the molecule is CCc1c(F)ccc2cc(O)cc(-c3ncc4c(N5CC6CCC(C5)N6)nc(OCC5(CN6CCC(OC7CCN(C8CCC9(CC8)CN(c8cc(F)c(C%10CCC(=O)NC%10=O)c(F)c8)C9)CC7)CC6)CC5)nc4c3F)c12. The highest BCUT2D eigenvalue weighted by Crippen LogP contribution is 2.49. The number of pyridine rings is 1. The van der Waals surface area contributed by atoms with Gasteiger partial charge in [0.25, 0.3) is 0 Å². The van der Waals surface area contributed by atoms with Gasteiger partial charge in [-0.05, 0) is 137 Å². The van der Waals surface area contributed by atoms with Crippen molar-refractivity contribution in [1.82, 2.24) is 35.4 Å². The van der Waals surface area contributed by atoms with Crippen molar-refractivity contribution in [2.75, 3.05) is 75.3 Å². The second kappa shape index (κ2) is 20.2. The summed E-state index contributed by atoms with van der Waals surface area (Å²) in [5.74, 6) is -4.04. The van der Waals surface area contributed by atoms with E-state index in [1.165, 1.54) is 24.3 Å². The van der Waals surface area contributed by atoms with Gasteiger partial charge in [0.2, 0.25) is 11.8 Å². The minimum Gasteiger partial charge on any atom is -0.508 e. The molecule has 13 rings (SSSR count). The predicted octanol–water partition coefficient (Wildman–Crippen LogP) is 8.68. The molecule has 6 aliphatic heterocycles. The van der Waals surface area contributed by atoms with Crippen LogP contribution < -0.4 is 25.2 Å². The number of hydrogen-bond donors (Lipinski definition) is 3. The predicted molar refractivity (Wildman–Crippen MR) is 284 cm³/mol. The van der Waals surface area contributed by atoms with Gasteiger partial charge in [-0.25, -0.2) is 17.6 Å². The second-order valence-corrected chi connectivity index (χ2v) is 24.1. The number of carbonyl (C=O) groups excluding carboxylic acids is 2. The Hall–Kier alpha value is -5.69. The Labute approximate surface area is 446 Å². The Morgan fingerprint density at radius 1 is 0.792 bits per heavy atom. The number of imide groups is 1. The van der Waals surface area contributed by atoms with Crippen molar-refractivity contribution in [1.29, 1.82) is 0 Å². The first-order valence-electron chi connectivity index (χ1n) is 28.4. The van der Waals surface area contributed by atoms with Crippen LogP contribution in [0.3, 0.4) is 0 Å². The molecular weight excluding hydrogens is 991 g/mol. The number of amides is 2. The summed E-state index contributed by atoms with van der Waals surface area (Å²) in [5.41, 5.74) is 1.19. The number of anilines is 2. The highest BCUT2D eigenvalue weighted by atomic mass is 19.1. The minimum atomic E-state index is -0.997. The van der Waals surface area contributed by atoms with E-state index in [0.29, 0.717) is 69.9 Å². The van der Waals surface area contributed by atoms with Crippen molar-refractivity contribution in [2.24, 2.45) is 10.8 Å². The number of nitrogens with one attached hydrogen (secondary N) is 2. The number of halogens is 4. The van der Waals surface area contributed by atoms with Crippen LogP contribution in [0.2, 0.25) is 0 Å². The zero-order valence-electron chi connectivity index (χ0n) is 43.9. The van der Waals surface area contributed by atoms with Crippen LogP contribution in [0.25, 0.3) is 32.9 Å². The van der Waals surface area contributed by atoms with Crippen molar-refractivity contribution >= 4 is 45.0 Å². The molecule has 0 radical (unpaired) electrons. The van der Waals surface area contributed by atoms with Gasteiger partial charge in [-0.15, -0.1) is 0 Å². The molecule has 1 spiro atoms. The Bertz CT molecular complexity index is 3080. The molecule has 18 heteroatoms. The summed E-state index contributed by atoms with van der Waals surface area (Å²) in [6.45, 7) is 10.2. The van der Waals surface area contributed by atoms with Gasteiger partial charge in [0, 0.05) is 117 Å². The fourth-order valence-corrected chi connectivity index (χ4v) is 14.5. The third kappa shape index (κ3) is 9.87. The lowest BCUT2D eigenvalue weighted by atomic mass is 9.67. The van der Waals surface area contributed by atoms with E-state index in [1.54, 1.807) is 18.3 Å². The molecule has 3 aromatic carbocycles. The second-order valence-electron chi connectivity index (χ2n) is 24.1. The molecule has 3 N–H and O–H groups in total. The lowest BCUT2D eigenvalue weighted by Crippen LogP contribution is -2.59. The number of piperidine rings is 3. The zero-order chi connectivity index (χ0) is 52.7. The van der Waals surface area contributed by atoms with Gasteiger partial charge in [0.15, 0.2) is 5.82 Å². The first-order valence-corrected chi connectivity index (χ1v) is 28.4. The van der Waals surface area contributed by atoms with Gasteiger partial charge in [-0.2, -0.15) is 9.97 Å². The maximum Gasteiger partial charge on any atom is 0.319 e. The molecule has 77 heavy (non-hydrogen) atoms. The fraction of sp³-hybridized carbons (Fsp3) is 0.576. The number of aryl methyl sites for hydroxylation is 1. The normalized spacial score (nSPS) is 25.2. The summed E-state index contributed by atoms with van der Waals surface area (Å²) < 4.78 is 76.3. The summed E-state index contributed by atoms with van der Waals surface area (Å²) in [7, 11) is 0. The average Bonchev–Trinajstić information content (AvgIpc) is 4.14. The van der Waals surface area contributed by atoms with E-state index < -0.39 is 41.0 Å². The third-order valence-corrected chi connectivity index (χ3v) is 18.9. The van der Waals surface area contributed by atoms with Gasteiger partial charge in [-0.3, -0.25) is 19.9 Å². The summed E-state index contributed by atoms with van der Waals surface area (Å²) >= 11 is 0. The molecule has 2 aliphatic carbocycles. The Morgan fingerprint density at radius 2 is 1.49 bits per heavy atom. The topological polar surface area (TPSA) is 149 Å². The fourth-order valence-electron chi connectivity index (χ4n) is 14.5. The Morgan fingerprint density at radius 3 is 2.17 bits per heavy atom. The summed E-state index contributed by atoms with van der Waals surface area (Å²) in [6, 6.07) is 9.98. The molecule has 3 unspecified atom stereocenters. The number of likely N-dealkylation sites (tertiary alicyclic amines) is 2. The molecule has 6 saturated heterocycles. The van der Waals surface area contributed by atoms with Gasteiger partial charge >= 0.3 is 6.01 Å². The molecule has 408 valence electrons. The first-order chi connectivity index (χ1) is 37.3. The van der Waals surface area contributed by atoms with Crippen LogP contribution in [-0.2, 0) is 20.7 Å². The number of phenols is 1. The largest absolute Gasteiger partial charge is 0.508 e. The quantitative estimate of drug-likeness (QED) is 0.0764. The van der Waals surface area contributed by atoms with E-state index in [1.807, 2.05) is 6.92 Å². The number of carbonyl (C=O) groups is 2. The van der Waals surface area contributed by atoms with Crippen molar-refractivity contribution in [2.45, 2.75) is 139 Å². The van der Waals surface area contributed by atoms with E-state index >= 15 is 17.6 Å². The molecule has 2 amide bonds. The zero-order valence-corrected chi connectivity index (χ0v) is 43.9. The van der Waals surface area contributed by atoms with Crippen LogP contribution in [0.5, 0.6) is 11.8 Å². The van der Waals surface area contributed by atoms with Crippen molar-refractivity contribution in [3.8, 4) is 23.0 Å². The lowest BCUT2D eigenvalue weighted by molar-refractivity contribution is -0.134. The first kappa shape index (κ1) is 50.8. The number of fused-ring (bicyclic) bond motifs is 4. The van der Waals surface area contributed by atoms with Crippen molar-refractivity contribution in [3.05, 3.63) is 77.0 Å². The van der Waals surface area contributed by atoms with Gasteiger partial charge in [0.1, 0.15) is 40.2 Å². The maximum atomic E-state index is 17.2. The molecule has 8 aliphatic rings. The van der Waals surface area contributed by atoms with Crippen LogP contribution in [0.15, 0.2) is 42.6 Å². The maximum absolute atomic E-state index is 17.2. The van der Waals surface area contributed by atoms with Gasteiger partial charge in [0.05, 0.1) is 30.1 Å². The summed E-state index contributed by atoms with van der Waals surface area (Å²) in [4.78, 5) is 47.8. The van der Waals surface area contributed by atoms with E-state index in [2.05, 4.69) is 35.2 Å². The van der Waals surface area contributed by atoms with Crippen LogP contribution in [0.1, 0.15) is 114 Å². The number of rotatable bonds is 13. The van der Waals surface area contributed by atoms with Crippen LogP contribution in [0.4, 0.5) is 29.1 Å². The number of ether oxygens (including phenoxy) is 2. The van der Waals surface area contributed by atoms with Crippen molar-refractivity contribution < 1.29 is 41.7 Å². The molecule has 14 nitrogen and oxygen atoms in total. The number of phenolic OH excluding ortho intramolecular Hbond substituents is 1. The van der Waals surface area contributed by atoms with Crippen LogP contribution >= 0.6 is 0 Å². The number of hydrogen-bond acceptors (Lipinski definition) is 13. The van der Waals surface area contributed by atoms with E-state index in [0.717, 1.165) is 136 Å². The van der Waals surface area contributed by atoms with E-state index in [-0.39, 0.29) is 64.4 Å². The Kier molecular flexibility index (Phi) is 13.3. The molecule has 2 saturated carbocycles. The lowest BCUT2D eigenvalue weighted by Gasteiger charge is -2.55. The average molecular weight is 1060 g/mol. The molecule has 8 fully saturated rings. The van der Waals surface area contributed by atoms with Gasteiger partial charge in [-0.1, -0.05) is 13.0 Å². The summed E-state index contributed by atoms with van der Waals surface area (Å²) in [5, 5.41) is 18.3. The molecule has 3 atom stereocenters. The molecule has 8 heterocycles. The number of aromatic hydroxyl groups is 1. The van der Waals surface area contributed by atoms with E-state index in [4.69, 9.17) is 19.4 Å². The highest BCUT2D eigenvalue weighted by molar-refractivity contribution is 6.02. The minimum absolute atomic E-state index is 0.0127. The summed E-state index contributed by atoms with van der Waals surface area (Å²) in [6.07, 6.45) is 15.3. The van der Waals surface area contributed by atoms with E-state index in [9.17, 15) is 14.7 Å². The Balaban J connectivity index is 0.595. The standard InChI is InChI=1S/C59H69F4N9O5/c1-2-42-46(60)7-3-34-23-39(73)26-44(50(34)42)53-52(63)54-45(27-64-53)55(71-28-35-4-5-36(29-71)65-35)68-57(67-54)76-33-59(17-18-59)30-69-19-11-40(12-20-69)77-41-13-21-70(22-14-41)37-9-15-58(16-10-37)31-72(32-58)38-24-47(61)51(48(62)25-38)43-6-8-49(74)66-56(43)75/h3,7,23-27,35-37,40-41,43,65,73H,2,4-6,8-22,28-33H2,1H3,(H,66,74,75). The van der Waals surface area contributed by atoms with Gasteiger partial charge < -0.3 is 39.5 Å². The third-order valence-electron chi connectivity index (χ3n) is 18.9. The molecule has 5 aromatic rings. The molecule has 2 bridgehead atoms. The monoisotopic (exact) mass is 1060 g/mol. The number of aromatic nitrogens is 3. The number of nitrogens with zero attached hydrogens (tertiary/aromatic N) is 7. The highest BCUT2D eigenvalue weighted by Gasteiger charge is 2.48. The molecular formula is C59H69F4N9O5. The number of benzene rings is 3. The smallest absolute Gasteiger partial charge is 0.319 e. The molecule has 2 aromatic heterocycles.